The first-order valence-electron chi connectivity index (χ1n) is 10.8. The zero-order valence-corrected chi connectivity index (χ0v) is 19.9. The average molecular weight is 473 g/mol. The molecule has 172 valence electrons. The molecule has 1 unspecified atom stereocenters. The molecule has 2 aromatic heterocycles. The van der Waals surface area contributed by atoms with Crippen LogP contribution in [0.4, 0.5) is 0 Å². The fourth-order valence-corrected chi connectivity index (χ4v) is 4.03. The molecule has 5 nitrogen and oxygen atoms in total. The highest BCUT2D eigenvalue weighted by atomic mass is 32.1. The van der Waals surface area contributed by atoms with Crippen molar-refractivity contribution < 1.29 is 23.8 Å². The number of furan rings is 1. The lowest BCUT2D eigenvalue weighted by Crippen LogP contribution is -2.22. The van der Waals surface area contributed by atoms with Crippen molar-refractivity contribution in [2.75, 3.05) is 6.61 Å². The Labute approximate surface area is 202 Å². The number of allylic oxidation sites excluding steroid dienone is 1. The smallest absolute Gasteiger partial charge is 0.344 e. The number of ether oxygens (including phenoxy) is 2. The normalized spacial score (nSPS) is 12.1. The number of hydrogen-bond donors (Lipinski definition) is 1. The van der Waals surface area contributed by atoms with Crippen molar-refractivity contribution in [2.24, 2.45) is 0 Å². The molecule has 0 spiro atoms. The minimum Gasteiger partial charge on any atom is -0.489 e. The Morgan fingerprint density at radius 3 is 2.56 bits per heavy atom. The van der Waals surface area contributed by atoms with Gasteiger partial charge in [-0.05, 0) is 93.1 Å². The van der Waals surface area contributed by atoms with Gasteiger partial charge in [0.1, 0.15) is 29.4 Å². The van der Waals surface area contributed by atoms with Crippen LogP contribution in [0.25, 0.3) is 16.5 Å². The first kappa shape index (κ1) is 23.2. The second-order valence-corrected chi connectivity index (χ2v) is 9.06. The molecule has 0 amide bonds. The number of rotatable bonds is 7. The number of carboxylic acids is 1. The molecule has 1 atom stereocenters. The van der Waals surface area contributed by atoms with E-state index in [2.05, 4.69) is 30.9 Å². The number of hydrogen-bond acceptors (Lipinski definition) is 5. The van der Waals surface area contributed by atoms with E-state index in [-0.39, 0.29) is 0 Å². The average Bonchev–Trinajstić information content (AvgIpc) is 3.40. The van der Waals surface area contributed by atoms with Gasteiger partial charge in [0.25, 0.3) is 0 Å². The van der Waals surface area contributed by atoms with Crippen LogP contribution in [0.15, 0.2) is 71.2 Å². The van der Waals surface area contributed by atoms with Crippen LogP contribution in [0.1, 0.15) is 28.0 Å². The molecule has 4 aromatic rings. The predicted molar refractivity (Wildman–Crippen MR) is 135 cm³/mol. The van der Waals surface area contributed by atoms with Crippen molar-refractivity contribution in [1.29, 1.82) is 0 Å². The van der Waals surface area contributed by atoms with Crippen LogP contribution in [0.3, 0.4) is 0 Å². The van der Waals surface area contributed by atoms with E-state index in [1.54, 1.807) is 35.6 Å². The molecule has 0 aliphatic carbocycles. The number of carboxylic acid groups (broad SMARTS) is 1. The second-order valence-electron chi connectivity index (χ2n) is 7.77. The summed E-state index contributed by atoms with van der Waals surface area (Å²) >= 11 is 1.66. The second kappa shape index (κ2) is 10.3. The van der Waals surface area contributed by atoms with Crippen LogP contribution in [-0.4, -0.2) is 23.8 Å². The Morgan fingerprint density at radius 2 is 1.85 bits per heavy atom. The van der Waals surface area contributed by atoms with Crippen molar-refractivity contribution in [1.82, 2.24) is 0 Å². The van der Waals surface area contributed by atoms with E-state index in [0.717, 1.165) is 32.7 Å². The van der Waals surface area contributed by atoms with Crippen LogP contribution in [0, 0.1) is 25.7 Å². The summed E-state index contributed by atoms with van der Waals surface area (Å²) in [5.74, 6) is 7.53. The molecule has 0 aliphatic heterocycles. The van der Waals surface area contributed by atoms with Gasteiger partial charge in [0.2, 0.25) is 0 Å². The number of fused-ring (bicyclic) bond motifs is 1. The highest BCUT2D eigenvalue weighted by molar-refractivity contribution is 7.12. The molecule has 0 bridgehead atoms. The molecule has 0 fully saturated rings. The summed E-state index contributed by atoms with van der Waals surface area (Å²) in [6.45, 7) is 5.80. The Morgan fingerprint density at radius 1 is 1.09 bits per heavy atom. The summed E-state index contributed by atoms with van der Waals surface area (Å²) in [6, 6.07) is 19.0. The van der Waals surface area contributed by atoms with E-state index < -0.39 is 12.1 Å². The largest absolute Gasteiger partial charge is 0.489 e. The highest BCUT2D eigenvalue weighted by Gasteiger charge is 2.12. The summed E-state index contributed by atoms with van der Waals surface area (Å²) < 4.78 is 16.9. The molecule has 0 saturated heterocycles. The monoisotopic (exact) mass is 472 g/mol. The molecular formula is C28H24O5S. The fourth-order valence-electron chi connectivity index (χ4n) is 3.31. The molecule has 0 saturated carbocycles. The Kier molecular flexibility index (Phi) is 7.05. The van der Waals surface area contributed by atoms with Crippen molar-refractivity contribution in [2.45, 2.75) is 26.9 Å². The van der Waals surface area contributed by atoms with Crippen molar-refractivity contribution >= 4 is 33.8 Å². The molecule has 0 aliphatic rings. The Hall–Kier alpha value is -3.95. The summed E-state index contributed by atoms with van der Waals surface area (Å²) in [5, 5.41) is 9.99. The third kappa shape index (κ3) is 5.89. The first-order chi connectivity index (χ1) is 16.4. The lowest BCUT2D eigenvalue weighted by molar-refractivity contribution is -0.144. The maximum Gasteiger partial charge on any atom is 0.344 e. The van der Waals surface area contributed by atoms with Crippen LogP contribution < -0.4 is 9.47 Å². The van der Waals surface area contributed by atoms with Gasteiger partial charge < -0.3 is 19.0 Å². The fraction of sp³-hybridized carbons (Fsp3) is 0.179. The molecule has 34 heavy (non-hydrogen) atoms. The van der Waals surface area contributed by atoms with Gasteiger partial charge in [-0.15, -0.1) is 11.3 Å². The number of aryl methyl sites for hydroxylation is 2. The summed E-state index contributed by atoms with van der Waals surface area (Å²) in [6.07, 6.45) is 1.04. The van der Waals surface area contributed by atoms with E-state index in [1.165, 1.54) is 11.8 Å². The van der Waals surface area contributed by atoms with Crippen LogP contribution >= 0.6 is 11.3 Å². The molecule has 0 radical (unpaired) electrons. The summed E-state index contributed by atoms with van der Waals surface area (Å²) in [7, 11) is 0. The summed E-state index contributed by atoms with van der Waals surface area (Å²) in [5.41, 5.74) is 2.70. The standard InChI is InChI=1S/C28H24O5S/c1-18-16-23-17-22(6-13-27(23)32-18)21(5-12-26-11-4-19(2)34-26)14-15-31-24-7-9-25(10-8-24)33-20(3)28(29)30/h4,6-11,13-14,16-17,20H,15H2,1-3H3,(H,29,30). The van der Waals surface area contributed by atoms with Gasteiger partial charge in [-0.25, -0.2) is 4.79 Å². The molecule has 2 heterocycles. The van der Waals surface area contributed by atoms with E-state index in [9.17, 15) is 4.79 Å². The lowest BCUT2D eigenvalue weighted by Gasteiger charge is -2.11. The number of thiophene rings is 1. The summed E-state index contributed by atoms with van der Waals surface area (Å²) in [4.78, 5) is 13.2. The van der Waals surface area contributed by atoms with Gasteiger partial charge >= 0.3 is 5.97 Å². The molecule has 6 heteroatoms. The predicted octanol–water partition coefficient (Wildman–Crippen LogP) is 6.48. The van der Waals surface area contributed by atoms with Crippen molar-refractivity contribution in [3.05, 3.63) is 87.8 Å². The van der Waals surface area contributed by atoms with E-state index in [1.807, 2.05) is 37.3 Å². The SMILES string of the molecule is Cc1cc2cc(C(C#Cc3ccc(C)s3)=CCOc3ccc(OC(C)C(=O)O)cc3)ccc2o1. The van der Waals surface area contributed by atoms with Gasteiger partial charge in [0.15, 0.2) is 6.10 Å². The van der Waals surface area contributed by atoms with E-state index in [0.29, 0.717) is 18.1 Å². The van der Waals surface area contributed by atoms with Crippen molar-refractivity contribution in [3.8, 4) is 23.3 Å². The Bertz CT molecular complexity index is 1400. The third-order valence-corrected chi connectivity index (χ3v) is 5.95. The maximum atomic E-state index is 10.9. The number of benzene rings is 2. The van der Waals surface area contributed by atoms with E-state index in [4.69, 9.17) is 19.0 Å². The van der Waals surface area contributed by atoms with E-state index >= 15 is 0 Å². The minimum atomic E-state index is -1.01. The highest BCUT2D eigenvalue weighted by Crippen LogP contribution is 2.25. The zero-order chi connectivity index (χ0) is 24.1. The molecule has 4 rings (SSSR count). The molecular weight excluding hydrogens is 448 g/mol. The third-order valence-electron chi connectivity index (χ3n) is 5.03. The van der Waals surface area contributed by atoms with Gasteiger partial charge in [0, 0.05) is 15.8 Å². The van der Waals surface area contributed by atoms with Crippen molar-refractivity contribution in [3.63, 3.8) is 0 Å². The molecule has 2 aromatic carbocycles. The first-order valence-corrected chi connectivity index (χ1v) is 11.6. The number of aliphatic carboxylic acids is 1. The number of carbonyl (C=O) groups is 1. The maximum absolute atomic E-state index is 10.9. The van der Waals surface area contributed by atoms with Gasteiger partial charge in [-0.2, -0.15) is 0 Å². The molecule has 1 N–H and O–H groups in total. The zero-order valence-electron chi connectivity index (χ0n) is 19.1. The quantitative estimate of drug-likeness (QED) is 0.312. The van der Waals surface area contributed by atoms with Gasteiger partial charge in [-0.1, -0.05) is 11.8 Å². The topological polar surface area (TPSA) is 68.9 Å². The van der Waals surface area contributed by atoms with Gasteiger partial charge in [0.05, 0.1) is 4.88 Å². The van der Waals surface area contributed by atoms with Crippen LogP contribution in [0.5, 0.6) is 11.5 Å². The van der Waals surface area contributed by atoms with Crippen LogP contribution in [0.2, 0.25) is 0 Å². The minimum absolute atomic E-state index is 0.321. The van der Waals surface area contributed by atoms with Crippen LogP contribution in [-0.2, 0) is 4.79 Å². The lowest BCUT2D eigenvalue weighted by atomic mass is 10.0. The Balaban J connectivity index is 1.53. The van der Waals surface area contributed by atoms with Gasteiger partial charge in [-0.3, -0.25) is 0 Å².